The Bertz CT molecular complexity index is 1040. The predicted octanol–water partition coefficient (Wildman–Crippen LogP) is 1.82. The fraction of sp³-hybridized carbons (Fsp3) is 0.545. The summed E-state index contributed by atoms with van der Waals surface area (Å²) < 4.78 is 5.10. The van der Waals surface area contributed by atoms with Gasteiger partial charge in [-0.25, -0.2) is 4.79 Å². The summed E-state index contributed by atoms with van der Waals surface area (Å²) in [5.74, 6) is -1.03. The summed E-state index contributed by atoms with van der Waals surface area (Å²) in [5.41, 5.74) is -1.07. The second kappa shape index (κ2) is 4.25. The summed E-state index contributed by atoms with van der Waals surface area (Å²) in [6.45, 7) is 2.14. The molecule has 1 aromatic rings. The van der Waals surface area contributed by atoms with E-state index in [9.17, 15) is 19.2 Å². The molecule has 4 unspecified atom stereocenters. The van der Waals surface area contributed by atoms with Crippen molar-refractivity contribution in [2.24, 2.45) is 45.8 Å². The third kappa shape index (κ3) is 1.07. The van der Waals surface area contributed by atoms with E-state index in [1.165, 1.54) is 7.11 Å². The molecule has 0 spiro atoms. The average Bonchev–Trinajstić information content (AvgIpc) is 2.98. The smallest absolute Gasteiger partial charge is 0.341 e. The third-order valence-electron chi connectivity index (χ3n) is 9.46. The molecule has 0 radical (unpaired) electrons. The number of hydrogen-bond acceptors (Lipinski definition) is 6. The highest BCUT2D eigenvalue weighted by molar-refractivity contribution is 6.21. The lowest BCUT2D eigenvalue weighted by Gasteiger charge is -3.13. The van der Waals surface area contributed by atoms with Crippen LogP contribution >= 0.6 is 0 Å². The Hall–Kier alpha value is -2.70. The van der Waals surface area contributed by atoms with Crippen LogP contribution in [0.5, 0.6) is 0 Å². The van der Waals surface area contributed by atoms with E-state index in [4.69, 9.17) is 9.57 Å². The Morgan fingerprint density at radius 2 is 1.55 bits per heavy atom. The van der Waals surface area contributed by atoms with Gasteiger partial charge in [0.25, 0.3) is 11.8 Å². The Morgan fingerprint density at radius 1 is 0.966 bits per heavy atom. The third-order valence-corrected chi connectivity index (χ3v) is 9.46. The second-order valence-electron chi connectivity index (χ2n) is 9.45. The second-order valence-corrected chi connectivity index (χ2v) is 9.45. The molecule has 4 atom stereocenters. The van der Waals surface area contributed by atoms with Crippen LogP contribution in [0.15, 0.2) is 24.3 Å². The Labute approximate surface area is 166 Å². The first-order chi connectivity index (χ1) is 14.0. The number of hydroxylamine groups is 2. The van der Waals surface area contributed by atoms with Crippen LogP contribution in [-0.2, 0) is 19.2 Å². The van der Waals surface area contributed by atoms with Gasteiger partial charge in [0.1, 0.15) is 0 Å². The molecule has 6 aliphatic carbocycles. The van der Waals surface area contributed by atoms with Gasteiger partial charge in [-0.15, -0.1) is 0 Å². The number of benzene rings is 1. The van der Waals surface area contributed by atoms with Gasteiger partial charge in [-0.3, -0.25) is 14.4 Å². The fourth-order valence-corrected chi connectivity index (χ4v) is 9.28. The van der Waals surface area contributed by atoms with Crippen LogP contribution in [0.4, 0.5) is 0 Å². The molecule has 1 heterocycles. The minimum Gasteiger partial charge on any atom is -0.469 e. The lowest BCUT2D eigenvalue weighted by molar-refractivity contribution is -0.674. The molecule has 7 aliphatic rings. The normalized spacial score (nSPS) is 47.7. The molecule has 0 aromatic heterocycles. The van der Waals surface area contributed by atoms with E-state index in [2.05, 4.69) is 6.92 Å². The number of nitrogens with zero attached hydrogens (tertiary/aromatic N) is 1. The van der Waals surface area contributed by atoms with E-state index in [1.54, 1.807) is 24.3 Å². The van der Waals surface area contributed by atoms with Gasteiger partial charge in [0.2, 0.25) is 0 Å². The fourth-order valence-electron chi connectivity index (χ4n) is 9.28. The largest absolute Gasteiger partial charge is 0.469 e. The molecule has 29 heavy (non-hydrogen) atoms. The van der Waals surface area contributed by atoms with E-state index in [-0.39, 0.29) is 46.2 Å². The monoisotopic (exact) mass is 393 g/mol. The van der Waals surface area contributed by atoms with Gasteiger partial charge in [-0.1, -0.05) is 30.5 Å². The summed E-state index contributed by atoms with van der Waals surface area (Å²) in [4.78, 5) is 56.8. The molecule has 7 heteroatoms. The predicted molar refractivity (Wildman–Crippen MR) is 94.7 cm³/mol. The van der Waals surface area contributed by atoms with Crippen molar-refractivity contribution >= 4 is 23.8 Å². The molecular formula is C22H19NO6. The van der Waals surface area contributed by atoms with Crippen molar-refractivity contribution in [1.82, 2.24) is 5.06 Å². The number of imide groups is 1. The Morgan fingerprint density at radius 3 is 2.07 bits per heavy atom. The topological polar surface area (TPSA) is 90.0 Å². The molecule has 7 nitrogen and oxygen atoms in total. The Balaban J connectivity index is 1.23. The first-order valence-electron chi connectivity index (χ1n) is 10.3. The zero-order chi connectivity index (χ0) is 20.1. The number of carbonyl (C=O) groups excluding carboxylic acids is 4. The minimum absolute atomic E-state index is 0.122. The molecule has 1 aliphatic heterocycles. The number of hydrogen-bond donors (Lipinski definition) is 0. The van der Waals surface area contributed by atoms with Crippen molar-refractivity contribution in [2.45, 2.75) is 19.8 Å². The number of methoxy groups -OCH3 is 1. The van der Waals surface area contributed by atoms with E-state index >= 15 is 0 Å². The van der Waals surface area contributed by atoms with Crippen LogP contribution in [-0.4, -0.2) is 35.9 Å². The van der Waals surface area contributed by atoms with Gasteiger partial charge in [0, 0.05) is 0 Å². The van der Waals surface area contributed by atoms with E-state index in [0.29, 0.717) is 11.0 Å². The molecule has 0 bridgehead atoms. The summed E-state index contributed by atoms with van der Waals surface area (Å²) in [5, 5.41) is 0.575. The minimum atomic E-state index is -0.908. The van der Waals surface area contributed by atoms with Gasteiger partial charge in [-0.05, 0) is 53.6 Å². The molecule has 148 valence electrons. The van der Waals surface area contributed by atoms with Crippen LogP contribution < -0.4 is 0 Å². The molecule has 2 amide bonds. The number of carbonyl (C=O) groups is 4. The standard InChI is InChI=1S/C22H19NO6/c1-3-8-20-11-12-14(20)22(15(20)13(11)21(12,22)18(26)28-2)19(27)29-23-16(24)9-6-4-5-7-10(9)17(23)25/h4-7,11-15H,3,8H2,1-2H3. The SMILES string of the molecule is CCCC12C3C4C1C1(C(=O)ON5C(=O)c6ccccc6C5=O)C2C3C41C(=O)OC. The van der Waals surface area contributed by atoms with Gasteiger partial charge >= 0.3 is 11.9 Å². The van der Waals surface area contributed by atoms with E-state index in [0.717, 1.165) is 12.8 Å². The molecule has 0 saturated heterocycles. The molecule has 1 aromatic carbocycles. The highest BCUT2D eigenvalue weighted by Gasteiger charge is 3.19. The summed E-state index contributed by atoms with van der Waals surface area (Å²) in [7, 11) is 1.36. The number of rotatable bonds is 5. The number of fused-ring (bicyclic) bond motifs is 1. The maximum atomic E-state index is 13.4. The molecule has 6 fully saturated rings. The van der Waals surface area contributed by atoms with Crippen molar-refractivity contribution in [3.63, 3.8) is 0 Å². The maximum Gasteiger partial charge on any atom is 0.341 e. The van der Waals surface area contributed by atoms with Crippen LogP contribution in [0.3, 0.4) is 0 Å². The van der Waals surface area contributed by atoms with Gasteiger partial charge in [0.15, 0.2) is 0 Å². The molecule has 0 N–H and O–H groups in total. The number of esters is 1. The number of amides is 2. The first kappa shape index (κ1) is 16.1. The molecule has 8 rings (SSSR count). The maximum absolute atomic E-state index is 13.4. The van der Waals surface area contributed by atoms with Crippen LogP contribution in [0.2, 0.25) is 0 Å². The van der Waals surface area contributed by atoms with Crippen LogP contribution in [0.1, 0.15) is 40.5 Å². The van der Waals surface area contributed by atoms with Crippen molar-refractivity contribution in [3.8, 4) is 0 Å². The average molecular weight is 393 g/mol. The van der Waals surface area contributed by atoms with Crippen molar-refractivity contribution in [2.75, 3.05) is 7.11 Å². The van der Waals surface area contributed by atoms with Gasteiger partial charge in [-0.2, -0.15) is 0 Å². The summed E-state index contributed by atoms with van der Waals surface area (Å²) in [6.07, 6.45) is 2.09. The highest BCUT2D eigenvalue weighted by Crippen LogP contribution is 3.15. The van der Waals surface area contributed by atoms with E-state index < -0.39 is 28.6 Å². The number of ether oxygens (including phenoxy) is 1. The molecule has 6 saturated carbocycles. The van der Waals surface area contributed by atoms with Gasteiger partial charge < -0.3 is 9.57 Å². The zero-order valence-corrected chi connectivity index (χ0v) is 16.0. The highest BCUT2D eigenvalue weighted by atomic mass is 16.7. The van der Waals surface area contributed by atoms with Crippen molar-refractivity contribution in [3.05, 3.63) is 35.4 Å². The summed E-state index contributed by atoms with van der Waals surface area (Å²) >= 11 is 0. The van der Waals surface area contributed by atoms with Crippen LogP contribution in [0.25, 0.3) is 0 Å². The lowest BCUT2D eigenvalue weighted by Crippen LogP contribution is -3.16. The first-order valence-corrected chi connectivity index (χ1v) is 10.3. The van der Waals surface area contributed by atoms with Crippen molar-refractivity contribution in [1.29, 1.82) is 0 Å². The van der Waals surface area contributed by atoms with Crippen LogP contribution in [0, 0.1) is 45.8 Å². The van der Waals surface area contributed by atoms with E-state index in [1.807, 2.05) is 0 Å². The molecular weight excluding hydrogens is 374 g/mol. The quantitative estimate of drug-likeness (QED) is 0.560. The van der Waals surface area contributed by atoms with Gasteiger partial charge in [0.05, 0.1) is 29.1 Å². The Kier molecular flexibility index (Phi) is 2.36. The zero-order valence-electron chi connectivity index (χ0n) is 16.0. The van der Waals surface area contributed by atoms with Crippen molar-refractivity contribution < 1.29 is 28.8 Å². The lowest BCUT2D eigenvalue weighted by atomic mass is 8.87. The summed E-state index contributed by atoms with van der Waals surface area (Å²) in [6, 6.07) is 6.41.